The van der Waals surface area contributed by atoms with Crippen molar-refractivity contribution in [3.63, 3.8) is 0 Å². The number of ether oxygens (including phenoxy) is 1. The van der Waals surface area contributed by atoms with E-state index in [1.54, 1.807) is 4.90 Å². The van der Waals surface area contributed by atoms with Crippen molar-refractivity contribution in [2.45, 2.75) is 25.4 Å². The summed E-state index contributed by atoms with van der Waals surface area (Å²) < 4.78 is 5.32. The normalized spacial score (nSPS) is 27.3. The SMILES string of the molecule is O=C1CN(C(=O)C2CCCO2)CCCN1. The van der Waals surface area contributed by atoms with Crippen molar-refractivity contribution in [2.24, 2.45) is 0 Å². The molecule has 5 heteroatoms. The summed E-state index contributed by atoms with van der Waals surface area (Å²) in [5, 5.41) is 2.75. The van der Waals surface area contributed by atoms with E-state index in [-0.39, 0.29) is 24.5 Å². The molecule has 0 aromatic rings. The fourth-order valence-corrected chi connectivity index (χ4v) is 1.97. The highest BCUT2D eigenvalue weighted by molar-refractivity contribution is 5.87. The van der Waals surface area contributed by atoms with Gasteiger partial charge >= 0.3 is 0 Å². The maximum atomic E-state index is 11.9. The van der Waals surface area contributed by atoms with Crippen LogP contribution in [0.15, 0.2) is 0 Å². The first-order valence-corrected chi connectivity index (χ1v) is 5.44. The second-order valence-electron chi connectivity index (χ2n) is 3.96. The van der Waals surface area contributed by atoms with Crippen molar-refractivity contribution in [1.82, 2.24) is 10.2 Å². The van der Waals surface area contributed by atoms with E-state index in [1.807, 2.05) is 0 Å². The van der Waals surface area contributed by atoms with Crippen LogP contribution in [0.2, 0.25) is 0 Å². The lowest BCUT2D eigenvalue weighted by molar-refractivity contribution is -0.143. The van der Waals surface area contributed by atoms with Crippen LogP contribution >= 0.6 is 0 Å². The topological polar surface area (TPSA) is 58.6 Å². The summed E-state index contributed by atoms with van der Waals surface area (Å²) >= 11 is 0. The Balaban J connectivity index is 1.95. The van der Waals surface area contributed by atoms with E-state index in [4.69, 9.17) is 4.74 Å². The highest BCUT2D eigenvalue weighted by Gasteiger charge is 2.29. The van der Waals surface area contributed by atoms with Crippen LogP contribution in [0.25, 0.3) is 0 Å². The van der Waals surface area contributed by atoms with Crippen molar-refractivity contribution in [1.29, 1.82) is 0 Å². The maximum absolute atomic E-state index is 11.9. The molecule has 1 N–H and O–H groups in total. The minimum Gasteiger partial charge on any atom is -0.368 e. The summed E-state index contributed by atoms with van der Waals surface area (Å²) in [4.78, 5) is 24.8. The zero-order valence-electron chi connectivity index (χ0n) is 8.70. The van der Waals surface area contributed by atoms with Gasteiger partial charge in [0.2, 0.25) is 5.91 Å². The third-order valence-corrected chi connectivity index (χ3v) is 2.78. The molecule has 2 rings (SSSR count). The minimum atomic E-state index is -0.309. The quantitative estimate of drug-likeness (QED) is 0.638. The first-order chi connectivity index (χ1) is 7.27. The second kappa shape index (κ2) is 4.61. The molecule has 0 aromatic heterocycles. The minimum absolute atomic E-state index is 0.0236. The summed E-state index contributed by atoms with van der Waals surface area (Å²) in [6.07, 6.45) is 2.24. The van der Waals surface area contributed by atoms with Gasteiger partial charge in [-0.05, 0) is 19.3 Å². The van der Waals surface area contributed by atoms with Gasteiger partial charge in [-0.25, -0.2) is 0 Å². The van der Waals surface area contributed by atoms with Gasteiger partial charge in [-0.1, -0.05) is 0 Å². The van der Waals surface area contributed by atoms with Crippen LogP contribution in [0.1, 0.15) is 19.3 Å². The van der Waals surface area contributed by atoms with Crippen LogP contribution in [0.3, 0.4) is 0 Å². The molecule has 0 spiro atoms. The van der Waals surface area contributed by atoms with Gasteiger partial charge in [0.25, 0.3) is 5.91 Å². The Bertz CT molecular complexity index is 261. The molecule has 84 valence electrons. The van der Waals surface area contributed by atoms with Crippen molar-refractivity contribution in [3.05, 3.63) is 0 Å². The number of nitrogens with one attached hydrogen (secondary N) is 1. The molecular formula is C10H16N2O3. The van der Waals surface area contributed by atoms with Crippen molar-refractivity contribution in [2.75, 3.05) is 26.2 Å². The Morgan fingerprint density at radius 2 is 2.33 bits per heavy atom. The van der Waals surface area contributed by atoms with Gasteiger partial charge in [-0.3, -0.25) is 9.59 Å². The van der Waals surface area contributed by atoms with Gasteiger partial charge in [-0.2, -0.15) is 0 Å². The first-order valence-electron chi connectivity index (χ1n) is 5.44. The predicted molar refractivity (Wildman–Crippen MR) is 53.2 cm³/mol. The molecule has 0 aromatic carbocycles. The third-order valence-electron chi connectivity index (χ3n) is 2.78. The number of carbonyl (C=O) groups excluding carboxylic acids is 2. The average Bonchev–Trinajstić information content (AvgIpc) is 2.67. The van der Waals surface area contributed by atoms with E-state index in [0.717, 1.165) is 19.3 Å². The van der Waals surface area contributed by atoms with Gasteiger partial charge in [0.1, 0.15) is 6.10 Å². The summed E-state index contributed by atoms with van der Waals surface area (Å²) in [5.74, 6) is -0.0941. The van der Waals surface area contributed by atoms with E-state index in [9.17, 15) is 9.59 Å². The van der Waals surface area contributed by atoms with Gasteiger partial charge in [0.15, 0.2) is 0 Å². The van der Waals surface area contributed by atoms with Crippen LogP contribution in [-0.2, 0) is 14.3 Å². The Labute approximate surface area is 88.8 Å². The van der Waals surface area contributed by atoms with E-state index < -0.39 is 0 Å². The number of rotatable bonds is 1. The Kier molecular flexibility index (Phi) is 3.20. The molecule has 2 saturated heterocycles. The zero-order chi connectivity index (χ0) is 10.7. The molecule has 2 heterocycles. The maximum Gasteiger partial charge on any atom is 0.252 e. The van der Waals surface area contributed by atoms with E-state index in [0.29, 0.717) is 19.7 Å². The van der Waals surface area contributed by atoms with Crippen LogP contribution in [-0.4, -0.2) is 49.1 Å². The van der Waals surface area contributed by atoms with Crippen molar-refractivity contribution < 1.29 is 14.3 Å². The highest BCUT2D eigenvalue weighted by Crippen LogP contribution is 2.15. The number of hydrogen-bond donors (Lipinski definition) is 1. The Hall–Kier alpha value is -1.10. The van der Waals surface area contributed by atoms with E-state index in [2.05, 4.69) is 5.32 Å². The van der Waals surface area contributed by atoms with Gasteiger partial charge in [0.05, 0.1) is 6.54 Å². The lowest BCUT2D eigenvalue weighted by atomic mass is 10.2. The highest BCUT2D eigenvalue weighted by atomic mass is 16.5. The number of nitrogens with zero attached hydrogens (tertiary/aromatic N) is 1. The summed E-state index contributed by atoms with van der Waals surface area (Å²) in [6, 6.07) is 0. The molecule has 0 radical (unpaired) electrons. The zero-order valence-corrected chi connectivity index (χ0v) is 8.70. The third kappa shape index (κ3) is 2.47. The fourth-order valence-electron chi connectivity index (χ4n) is 1.97. The Morgan fingerprint density at radius 3 is 3.07 bits per heavy atom. The average molecular weight is 212 g/mol. The lowest BCUT2D eigenvalue weighted by Crippen LogP contribution is -2.42. The molecule has 2 aliphatic heterocycles. The smallest absolute Gasteiger partial charge is 0.252 e. The summed E-state index contributed by atoms with van der Waals surface area (Å²) in [5.41, 5.74) is 0. The van der Waals surface area contributed by atoms with Crippen molar-refractivity contribution in [3.8, 4) is 0 Å². The van der Waals surface area contributed by atoms with E-state index in [1.165, 1.54) is 0 Å². The van der Waals surface area contributed by atoms with Crippen LogP contribution in [0, 0.1) is 0 Å². The first kappa shape index (κ1) is 10.4. The van der Waals surface area contributed by atoms with Gasteiger partial charge < -0.3 is 15.0 Å². The largest absolute Gasteiger partial charge is 0.368 e. The molecule has 1 unspecified atom stereocenters. The summed E-state index contributed by atoms with van der Waals surface area (Å²) in [6.45, 7) is 2.15. The molecule has 2 aliphatic rings. The molecule has 2 amide bonds. The van der Waals surface area contributed by atoms with Gasteiger partial charge in [0, 0.05) is 19.7 Å². The molecule has 2 fully saturated rings. The molecular weight excluding hydrogens is 196 g/mol. The number of amides is 2. The molecule has 5 nitrogen and oxygen atoms in total. The molecule has 15 heavy (non-hydrogen) atoms. The fraction of sp³-hybridized carbons (Fsp3) is 0.800. The molecule has 0 aliphatic carbocycles. The lowest BCUT2D eigenvalue weighted by Gasteiger charge is -2.22. The van der Waals surface area contributed by atoms with Crippen LogP contribution in [0.4, 0.5) is 0 Å². The number of hydrogen-bond acceptors (Lipinski definition) is 3. The predicted octanol–water partition coefficient (Wildman–Crippen LogP) is -0.486. The monoisotopic (exact) mass is 212 g/mol. The summed E-state index contributed by atoms with van der Waals surface area (Å²) in [7, 11) is 0. The Morgan fingerprint density at radius 1 is 1.47 bits per heavy atom. The molecule has 0 bridgehead atoms. The van der Waals surface area contributed by atoms with Crippen LogP contribution < -0.4 is 5.32 Å². The molecule has 1 atom stereocenters. The number of carbonyl (C=O) groups is 2. The second-order valence-corrected chi connectivity index (χ2v) is 3.96. The van der Waals surface area contributed by atoms with E-state index >= 15 is 0 Å². The van der Waals surface area contributed by atoms with Gasteiger partial charge in [-0.15, -0.1) is 0 Å². The van der Waals surface area contributed by atoms with Crippen LogP contribution in [0.5, 0.6) is 0 Å². The molecule has 0 saturated carbocycles. The van der Waals surface area contributed by atoms with Crippen molar-refractivity contribution >= 4 is 11.8 Å². The standard InChI is InChI=1S/C10H16N2O3/c13-9-7-12(5-2-4-11-9)10(14)8-3-1-6-15-8/h8H,1-7H2,(H,11,13).